The number of anilines is 1. The number of hydrogen-bond donors (Lipinski definition) is 1. The van der Waals surface area contributed by atoms with E-state index in [2.05, 4.69) is 21.2 Å². The fourth-order valence-electron chi connectivity index (χ4n) is 5.17. The Bertz CT molecular complexity index is 1460. The van der Waals surface area contributed by atoms with Crippen molar-refractivity contribution in [1.82, 2.24) is 10.2 Å². The van der Waals surface area contributed by atoms with Gasteiger partial charge in [0.15, 0.2) is 0 Å². The van der Waals surface area contributed by atoms with Crippen LogP contribution in [0.5, 0.6) is 0 Å². The van der Waals surface area contributed by atoms with E-state index in [9.17, 15) is 18.0 Å². The van der Waals surface area contributed by atoms with Crippen LogP contribution in [0.3, 0.4) is 0 Å². The molecule has 0 aliphatic heterocycles. The summed E-state index contributed by atoms with van der Waals surface area (Å²) in [5.41, 5.74) is 1.67. The third-order valence-corrected chi connectivity index (χ3v) is 9.78. The highest BCUT2D eigenvalue weighted by molar-refractivity contribution is 9.10. The van der Waals surface area contributed by atoms with Gasteiger partial charge in [0.25, 0.3) is 0 Å². The van der Waals surface area contributed by atoms with Crippen molar-refractivity contribution < 1.29 is 18.0 Å². The van der Waals surface area contributed by atoms with E-state index in [0.29, 0.717) is 21.3 Å². The molecule has 0 heterocycles. The number of carbonyl (C=O) groups is 2. The van der Waals surface area contributed by atoms with E-state index in [0.717, 1.165) is 52.7 Å². The molecule has 7 nitrogen and oxygen atoms in total. The molecule has 0 bridgehead atoms. The van der Waals surface area contributed by atoms with Crippen LogP contribution in [0.1, 0.15) is 43.2 Å². The number of nitrogens with zero attached hydrogens (tertiary/aromatic N) is 2. The van der Waals surface area contributed by atoms with Gasteiger partial charge in [-0.1, -0.05) is 94.8 Å². The highest BCUT2D eigenvalue weighted by Gasteiger charge is 2.34. The molecule has 1 aliphatic carbocycles. The summed E-state index contributed by atoms with van der Waals surface area (Å²) in [5, 5.41) is 3.87. The minimum absolute atomic E-state index is 0.0145. The molecule has 1 atom stereocenters. The van der Waals surface area contributed by atoms with Crippen LogP contribution < -0.4 is 9.62 Å². The van der Waals surface area contributed by atoms with Crippen LogP contribution in [-0.4, -0.2) is 50.0 Å². The standard InChI is InChI=1S/C31H34BrCl2N3O4S/c1-42(40,41)37(25-17-15-23(32)16-18-25)21-30(38)36(20-26-27(33)13-8-14-28(26)34)29(19-22-9-4-2-5-10-22)31(39)35-24-11-6-3-7-12-24/h2,4-5,8-10,13-18,24,29H,3,6-7,11-12,19-21H2,1H3,(H,35,39)/t29-/m1/s1. The van der Waals surface area contributed by atoms with Crippen molar-refractivity contribution in [2.75, 3.05) is 17.1 Å². The van der Waals surface area contributed by atoms with Crippen LogP contribution in [0.4, 0.5) is 5.69 Å². The van der Waals surface area contributed by atoms with Crippen LogP contribution in [0.15, 0.2) is 77.3 Å². The van der Waals surface area contributed by atoms with Crippen molar-refractivity contribution in [3.05, 3.63) is 98.4 Å². The fourth-order valence-corrected chi connectivity index (χ4v) is 6.80. The van der Waals surface area contributed by atoms with Gasteiger partial charge >= 0.3 is 0 Å². The van der Waals surface area contributed by atoms with E-state index in [1.54, 1.807) is 42.5 Å². The van der Waals surface area contributed by atoms with Gasteiger partial charge in [-0.3, -0.25) is 13.9 Å². The number of rotatable bonds is 11. The number of carbonyl (C=O) groups excluding carboxylic acids is 2. The number of benzene rings is 3. The first-order valence-electron chi connectivity index (χ1n) is 13.8. The highest BCUT2D eigenvalue weighted by Crippen LogP contribution is 2.28. The molecule has 4 rings (SSSR count). The number of nitrogens with one attached hydrogen (secondary N) is 1. The normalized spacial score (nSPS) is 14.7. The largest absolute Gasteiger partial charge is 0.352 e. The van der Waals surface area contributed by atoms with Crippen LogP contribution in [0, 0.1) is 0 Å². The van der Waals surface area contributed by atoms with Crippen molar-refractivity contribution in [1.29, 1.82) is 0 Å². The van der Waals surface area contributed by atoms with E-state index >= 15 is 0 Å². The van der Waals surface area contributed by atoms with Crippen LogP contribution >= 0.6 is 39.1 Å². The smallest absolute Gasteiger partial charge is 0.244 e. The van der Waals surface area contributed by atoms with Gasteiger partial charge in [0.1, 0.15) is 12.6 Å². The Morgan fingerprint density at radius 3 is 2.14 bits per heavy atom. The highest BCUT2D eigenvalue weighted by atomic mass is 79.9. The zero-order valence-electron chi connectivity index (χ0n) is 23.3. The summed E-state index contributed by atoms with van der Waals surface area (Å²) >= 11 is 16.4. The molecule has 0 unspecified atom stereocenters. The second-order valence-corrected chi connectivity index (χ2v) is 14.2. The summed E-state index contributed by atoms with van der Waals surface area (Å²) in [5.74, 6) is -0.851. The summed E-state index contributed by atoms with van der Waals surface area (Å²) in [6, 6.07) is 20.2. The van der Waals surface area contributed by atoms with E-state index in [4.69, 9.17) is 23.2 Å². The molecular formula is C31H34BrCl2N3O4S. The van der Waals surface area contributed by atoms with Gasteiger partial charge in [-0.25, -0.2) is 8.42 Å². The summed E-state index contributed by atoms with van der Waals surface area (Å²) in [6.45, 7) is -0.588. The topological polar surface area (TPSA) is 86.8 Å². The molecule has 0 radical (unpaired) electrons. The maximum Gasteiger partial charge on any atom is 0.244 e. The lowest BCUT2D eigenvalue weighted by Crippen LogP contribution is -2.55. The maximum atomic E-state index is 14.2. The predicted molar refractivity (Wildman–Crippen MR) is 172 cm³/mol. The van der Waals surface area contributed by atoms with Gasteiger partial charge in [-0.2, -0.15) is 0 Å². The molecule has 1 N–H and O–H groups in total. The Kier molecular flexibility index (Phi) is 11.3. The average molecular weight is 696 g/mol. The molecule has 3 aromatic carbocycles. The molecule has 2 amide bonds. The Labute approximate surface area is 266 Å². The van der Waals surface area contributed by atoms with E-state index in [1.807, 2.05) is 30.3 Å². The van der Waals surface area contributed by atoms with Crippen molar-refractivity contribution in [3.63, 3.8) is 0 Å². The van der Waals surface area contributed by atoms with E-state index in [1.165, 1.54) is 4.90 Å². The molecule has 11 heteroatoms. The zero-order chi connectivity index (χ0) is 30.3. The van der Waals surface area contributed by atoms with Gasteiger partial charge in [-0.05, 0) is 54.8 Å². The average Bonchev–Trinajstić information content (AvgIpc) is 2.96. The first kappa shape index (κ1) is 32.3. The summed E-state index contributed by atoms with van der Waals surface area (Å²) < 4.78 is 27.7. The van der Waals surface area contributed by atoms with Crippen molar-refractivity contribution in [2.45, 2.75) is 57.2 Å². The Morgan fingerprint density at radius 2 is 1.55 bits per heavy atom. The van der Waals surface area contributed by atoms with Crippen LogP contribution in [0.2, 0.25) is 10.0 Å². The predicted octanol–water partition coefficient (Wildman–Crippen LogP) is 6.61. The Hall–Kier alpha value is -2.59. The van der Waals surface area contributed by atoms with Gasteiger partial charge in [0, 0.05) is 39.1 Å². The molecule has 3 aromatic rings. The Morgan fingerprint density at radius 1 is 0.929 bits per heavy atom. The van der Waals surface area contributed by atoms with E-state index < -0.39 is 28.5 Å². The molecule has 224 valence electrons. The summed E-state index contributed by atoms with van der Waals surface area (Å²) in [4.78, 5) is 29.7. The quantitative estimate of drug-likeness (QED) is 0.245. The van der Waals surface area contributed by atoms with Crippen molar-refractivity contribution in [3.8, 4) is 0 Å². The van der Waals surface area contributed by atoms with Crippen molar-refractivity contribution >= 4 is 66.7 Å². The second kappa shape index (κ2) is 14.7. The Balaban J connectivity index is 1.75. The van der Waals surface area contributed by atoms with Gasteiger partial charge in [0.05, 0.1) is 11.9 Å². The van der Waals surface area contributed by atoms with Gasteiger partial charge in [-0.15, -0.1) is 0 Å². The molecule has 1 saturated carbocycles. The molecular weight excluding hydrogens is 661 g/mol. The lowest BCUT2D eigenvalue weighted by atomic mass is 9.94. The number of sulfonamides is 1. The maximum absolute atomic E-state index is 14.2. The van der Waals surface area contributed by atoms with Gasteiger partial charge in [0.2, 0.25) is 21.8 Å². The lowest BCUT2D eigenvalue weighted by molar-refractivity contribution is -0.140. The summed E-state index contributed by atoms with van der Waals surface area (Å²) in [6.07, 6.45) is 6.22. The molecule has 0 aromatic heterocycles. The molecule has 1 fully saturated rings. The lowest BCUT2D eigenvalue weighted by Gasteiger charge is -2.35. The number of amides is 2. The minimum Gasteiger partial charge on any atom is -0.352 e. The van der Waals surface area contributed by atoms with Crippen molar-refractivity contribution in [2.24, 2.45) is 0 Å². The molecule has 42 heavy (non-hydrogen) atoms. The third kappa shape index (κ3) is 8.72. The third-order valence-electron chi connectivity index (χ3n) is 7.41. The summed E-state index contributed by atoms with van der Waals surface area (Å²) in [7, 11) is -3.86. The minimum atomic E-state index is -3.86. The first-order chi connectivity index (χ1) is 20.0. The first-order valence-corrected chi connectivity index (χ1v) is 17.2. The number of hydrogen-bond acceptors (Lipinski definition) is 4. The molecule has 0 spiro atoms. The second-order valence-electron chi connectivity index (χ2n) is 10.5. The molecule has 0 saturated heterocycles. The number of halogens is 3. The van der Waals surface area contributed by atoms with Crippen LogP contribution in [-0.2, 0) is 32.6 Å². The monoisotopic (exact) mass is 693 g/mol. The zero-order valence-corrected chi connectivity index (χ0v) is 27.2. The SMILES string of the molecule is CS(=O)(=O)N(CC(=O)N(Cc1c(Cl)cccc1Cl)[C@H](Cc1ccccc1)C(=O)NC1CCCCC1)c1ccc(Br)cc1. The fraction of sp³-hybridized carbons (Fsp3) is 0.355. The molecule has 1 aliphatic rings. The van der Waals surface area contributed by atoms with E-state index in [-0.39, 0.29) is 24.9 Å². The van der Waals surface area contributed by atoms with Gasteiger partial charge < -0.3 is 10.2 Å². The van der Waals surface area contributed by atoms with Crippen LogP contribution in [0.25, 0.3) is 0 Å².